The molecule has 0 bridgehead atoms. The predicted molar refractivity (Wildman–Crippen MR) is 151 cm³/mol. The smallest absolute Gasteiger partial charge is 0.285 e. The van der Waals surface area contributed by atoms with Crippen LogP contribution in [0, 0.1) is 12.1 Å². The van der Waals surface area contributed by atoms with Crippen molar-refractivity contribution in [2.24, 2.45) is 0 Å². The summed E-state index contributed by atoms with van der Waals surface area (Å²) in [6.45, 7) is 0. The van der Waals surface area contributed by atoms with Gasteiger partial charge < -0.3 is 0 Å². The van der Waals surface area contributed by atoms with Crippen molar-refractivity contribution in [2.75, 3.05) is 0 Å². The van der Waals surface area contributed by atoms with Crippen LogP contribution in [0.25, 0.3) is 44.3 Å². The summed E-state index contributed by atoms with van der Waals surface area (Å²) in [6.07, 6.45) is -6.01. The molecule has 0 amide bonds. The van der Waals surface area contributed by atoms with E-state index >= 15 is 0 Å². The quantitative estimate of drug-likeness (QED) is 0.128. The number of para-hydroxylation sites is 2. The van der Waals surface area contributed by atoms with Gasteiger partial charge in [0, 0.05) is 40.2 Å². The molecule has 0 fully saturated rings. The van der Waals surface area contributed by atoms with Crippen molar-refractivity contribution in [3.05, 3.63) is 121 Å². The Kier molecular flexibility index (Phi) is 13.9. The second-order valence-electron chi connectivity index (χ2n) is 8.46. The van der Waals surface area contributed by atoms with Gasteiger partial charge in [-0.25, -0.2) is 9.97 Å². The summed E-state index contributed by atoms with van der Waals surface area (Å²) < 4.78 is 75.8. The average Bonchev–Trinajstić information content (AvgIpc) is 2.96. The van der Waals surface area contributed by atoms with Crippen LogP contribution in [-0.4, -0.2) is 19.9 Å². The first-order chi connectivity index (χ1) is 19.1. The van der Waals surface area contributed by atoms with E-state index in [2.05, 4.69) is 32.1 Å². The zero-order chi connectivity index (χ0) is 28.3. The number of hydrogen-bond acceptors (Lipinski definition) is 4. The fraction of sp³-hybridized carbons (Fsp3) is 0.125. The van der Waals surface area contributed by atoms with E-state index in [0.717, 1.165) is 35.2 Å². The van der Waals surface area contributed by atoms with Crippen LogP contribution in [-0.2, 0) is 52.6 Å². The van der Waals surface area contributed by atoms with Crippen LogP contribution >= 0.6 is 0 Å². The van der Waals surface area contributed by atoms with E-state index in [-0.39, 0.29) is 55.1 Å². The molecular weight excluding hydrogens is 939 g/mol. The van der Waals surface area contributed by atoms with Crippen LogP contribution in [0.2, 0.25) is 0 Å². The molecule has 44 heavy (non-hydrogen) atoms. The van der Waals surface area contributed by atoms with E-state index < -0.39 is 23.5 Å². The number of fused-ring (bicyclic) bond motifs is 2. The van der Waals surface area contributed by atoms with Crippen LogP contribution in [0.15, 0.2) is 97.6 Å². The van der Waals surface area contributed by atoms with Crippen molar-refractivity contribution in [3.8, 4) is 22.5 Å². The van der Waals surface area contributed by atoms with Crippen LogP contribution in [0.1, 0.15) is 26.0 Å². The van der Waals surface area contributed by atoms with Gasteiger partial charge in [-0.2, -0.15) is 26.3 Å². The van der Waals surface area contributed by atoms with Crippen LogP contribution in [0.3, 0.4) is 0 Å². The fourth-order valence-corrected chi connectivity index (χ4v) is 3.97. The summed E-state index contributed by atoms with van der Waals surface area (Å²) in [6, 6.07) is 26.6. The van der Waals surface area contributed by atoms with Crippen molar-refractivity contribution in [1.82, 2.24) is 19.9 Å². The van der Waals surface area contributed by atoms with Crippen molar-refractivity contribution >= 4 is 21.8 Å². The Labute approximate surface area is 277 Å². The van der Waals surface area contributed by atoms with Gasteiger partial charge in [0.25, 0.3) is 0 Å². The molecular formula is C32H24F6Ir2N4-2. The van der Waals surface area contributed by atoms with E-state index in [9.17, 15) is 26.3 Å². The van der Waals surface area contributed by atoms with E-state index in [1.54, 1.807) is 18.2 Å². The van der Waals surface area contributed by atoms with Crippen molar-refractivity contribution in [1.29, 1.82) is 0 Å². The second kappa shape index (κ2) is 16.0. The van der Waals surface area contributed by atoms with Gasteiger partial charge in [-0.1, -0.05) is 51.3 Å². The molecule has 6 rings (SSSR count). The maximum Gasteiger partial charge on any atom is 0.399 e. The summed E-state index contributed by atoms with van der Waals surface area (Å²) in [4.78, 5) is 16.4. The molecule has 0 saturated carbocycles. The first-order valence-corrected chi connectivity index (χ1v) is 11.7. The summed E-state index contributed by atoms with van der Waals surface area (Å²) in [5.41, 5.74) is 1.82. The SMILES string of the molecule is C.C.FC(F)(F)c1c[c-]c(-c2ncnc3ccccc23)cc1.FC(F)(F)c1cc[c-]c(-c2ncnc3ccccc23)c1.[Ir].[Ir]. The van der Waals surface area contributed by atoms with Gasteiger partial charge in [-0.05, 0) is 45.4 Å². The maximum atomic E-state index is 12.8. The molecule has 2 heterocycles. The largest absolute Gasteiger partial charge is 0.399 e. The fourth-order valence-electron chi connectivity index (χ4n) is 3.97. The Hall–Kier alpha value is -3.56. The van der Waals surface area contributed by atoms with Gasteiger partial charge in [0.05, 0.1) is 11.0 Å². The number of halogens is 6. The van der Waals surface area contributed by atoms with Crippen LogP contribution in [0.5, 0.6) is 0 Å². The monoisotopic (exact) mass is 964 g/mol. The third-order valence-electron chi connectivity index (χ3n) is 5.86. The topological polar surface area (TPSA) is 51.6 Å². The normalized spacial score (nSPS) is 10.7. The molecule has 0 atom stereocenters. The Bertz CT molecular complexity index is 1780. The third-order valence-corrected chi connectivity index (χ3v) is 5.86. The van der Waals surface area contributed by atoms with E-state index in [4.69, 9.17) is 0 Å². The number of rotatable bonds is 2. The summed E-state index contributed by atoms with van der Waals surface area (Å²) >= 11 is 0. The minimum absolute atomic E-state index is 0. The molecule has 234 valence electrons. The van der Waals surface area contributed by atoms with Gasteiger partial charge in [0.2, 0.25) is 0 Å². The molecule has 4 nitrogen and oxygen atoms in total. The molecule has 0 aliphatic rings. The van der Waals surface area contributed by atoms with Gasteiger partial charge in [0.1, 0.15) is 12.7 Å². The second-order valence-corrected chi connectivity index (χ2v) is 8.46. The van der Waals surface area contributed by atoms with Crippen molar-refractivity contribution < 1.29 is 66.6 Å². The molecule has 0 N–H and O–H groups in total. The first-order valence-electron chi connectivity index (χ1n) is 11.7. The zero-order valence-electron chi connectivity index (χ0n) is 21.0. The van der Waals surface area contributed by atoms with Crippen molar-refractivity contribution in [3.63, 3.8) is 0 Å². The van der Waals surface area contributed by atoms with Crippen LogP contribution < -0.4 is 0 Å². The zero-order valence-corrected chi connectivity index (χ0v) is 25.8. The molecule has 0 aliphatic heterocycles. The van der Waals surface area contributed by atoms with Crippen LogP contribution in [0.4, 0.5) is 26.3 Å². The summed E-state index contributed by atoms with van der Waals surface area (Å²) in [5, 5.41) is 1.48. The molecule has 4 aromatic carbocycles. The first kappa shape index (κ1) is 38.5. The number of aromatic nitrogens is 4. The van der Waals surface area contributed by atoms with E-state index in [0.29, 0.717) is 33.4 Å². The number of hydrogen-bond donors (Lipinski definition) is 0. The third kappa shape index (κ3) is 8.76. The number of benzene rings is 4. The minimum atomic E-state index is -4.38. The molecule has 2 radical (unpaired) electrons. The summed E-state index contributed by atoms with van der Waals surface area (Å²) in [7, 11) is 0. The Balaban J connectivity index is 0.000000403. The van der Waals surface area contributed by atoms with Crippen molar-refractivity contribution in [2.45, 2.75) is 27.2 Å². The molecule has 0 unspecified atom stereocenters. The van der Waals surface area contributed by atoms with Gasteiger partial charge in [0.15, 0.2) is 0 Å². The standard InChI is InChI=1S/2C15H8F3N2.2CH4.2Ir/c16-15(17,18)11-5-3-4-10(8-11)14-12-6-1-2-7-13(12)19-9-20-14;16-15(17,18)11-7-5-10(6-8-11)14-12-3-1-2-4-13(12)19-9-20-14;;;;/h1-3,5-9H;1-5,7-9H;2*1H4;;/q2*-1;;;;. The number of nitrogens with zero attached hydrogens (tertiary/aromatic N) is 4. The average molecular weight is 963 g/mol. The number of alkyl halides is 6. The molecule has 6 aromatic rings. The summed E-state index contributed by atoms with van der Waals surface area (Å²) in [5.74, 6) is 0. The molecule has 0 aliphatic carbocycles. The predicted octanol–water partition coefficient (Wildman–Crippen LogP) is 9.50. The van der Waals surface area contributed by atoms with Gasteiger partial charge >= 0.3 is 12.4 Å². The maximum absolute atomic E-state index is 12.8. The molecule has 12 heteroatoms. The molecule has 0 saturated heterocycles. The molecule has 0 spiro atoms. The van der Waals surface area contributed by atoms with Gasteiger partial charge in [-0.3, -0.25) is 9.97 Å². The van der Waals surface area contributed by atoms with E-state index in [1.807, 2.05) is 30.3 Å². The Morgan fingerprint density at radius 3 is 1.50 bits per heavy atom. The van der Waals surface area contributed by atoms with Gasteiger partial charge in [-0.15, -0.1) is 59.7 Å². The molecule has 2 aromatic heterocycles. The Morgan fingerprint density at radius 2 is 1.02 bits per heavy atom. The van der Waals surface area contributed by atoms with E-state index in [1.165, 1.54) is 24.8 Å². The Morgan fingerprint density at radius 1 is 0.523 bits per heavy atom. The minimum Gasteiger partial charge on any atom is -0.285 e.